The van der Waals surface area contributed by atoms with Gasteiger partial charge in [0.15, 0.2) is 17.6 Å². The topological polar surface area (TPSA) is 74.2 Å². The number of ether oxygens (including phenoxy) is 4. The zero-order valence-electron chi connectivity index (χ0n) is 12.1. The van der Waals surface area contributed by atoms with Gasteiger partial charge in [0.25, 0.3) is 0 Å². The van der Waals surface area contributed by atoms with Gasteiger partial charge < -0.3 is 24.1 Å². The minimum absolute atomic E-state index is 0.0457. The van der Waals surface area contributed by atoms with Crippen LogP contribution in [0.4, 0.5) is 13.2 Å². The number of carboxylic acid groups (broad SMARTS) is 1. The fourth-order valence-electron chi connectivity index (χ4n) is 1.85. The van der Waals surface area contributed by atoms with Gasteiger partial charge >= 0.3 is 12.1 Å². The molecule has 0 aromatic heterocycles. The van der Waals surface area contributed by atoms with Crippen molar-refractivity contribution in [2.45, 2.75) is 12.3 Å². The highest BCUT2D eigenvalue weighted by atomic mass is 19.4. The summed E-state index contributed by atoms with van der Waals surface area (Å²) in [5.74, 6) is -1.64. The molecular weight excluding hydrogens is 309 g/mol. The summed E-state index contributed by atoms with van der Waals surface area (Å²) < 4.78 is 58.8. The van der Waals surface area contributed by atoms with Crippen LogP contribution in [0.5, 0.6) is 17.2 Å². The first kappa shape index (κ1) is 17.9. The smallest absolute Gasteiger partial charge is 0.419 e. The molecule has 0 radical (unpaired) electrons. The Balaban J connectivity index is 3.38. The fourth-order valence-corrected chi connectivity index (χ4v) is 1.85. The van der Waals surface area contributed by atoms with E-state index in [2.05, 4.69) is 4.74 Å². The van der Waals surface area contributed by atoms with Crippen molar-refractivity contribution in [2.24, 2.45) is 0 Å². The summed E-state index contributed by atoms with van der Waals surface area (Å²) in [5.41, 5.74) is -0.408. The van der Waals surface area contributed by atoms with Crippen LogP contribution in [0, 0.1) is 0 Å². The fraction of sp³-hybridized carbons (Fsp3) is 0.462. The lowest BCUT2D eigenvalue weighted by atomic mass is 10.1. The highest BCUT2D eigenvalue weighted by molar-refractivity contribution is 5.68. The molecule has 22 heavy (non-hydrogen) atoms. The summed E-state index contributed by atoms with van der Waals surface area (Å²) in [6.07, 6.45) is -7.30. The maximum atomic E-state index is 13.1. The van der Waals surface area contributed by atoms with E-state index in [-0.39, 0.29) is 17.2 Å². The van der Waals surface area contributed by atoms with Gasteiger partial charge in [0.05, 0.1) is 21.3 Å². The number of methoxy groups -OCH3 is 3. The van der Waals surface area contributed by atoms with Gasteiger partial charge in [-0.05, 0) is 12.1 Å². The van der Waals surface area contributed by atoms with Crippen LogP contribution in [0.15, 0.2) is 12.1 Å². The summed E-state index contributed by atoms with van der Waals surface area (Å²) >= 11 is 0. The predicted molar refractivity (Wildman–Crippen MR) is 68.5 cm³/mol. The van der Waals surface area contributed by atoms with Crippen molar-refractivity contribution < 1.29 is 42.0 Å². The third-order valence-corrected chi connectivity index (χ3v) is 2.69. The molecule has 0 saturated heterocycles. The van der Waals surface area contributed by atoms with Gasteiger partial charge in [0.1, 0.15) is 6.61 Å². The number of hydrogen-bond acceptors (Lipinski definition) is 5. The van der Waals surface area contributed by atoms with Crippen LogP contribution in [0.3, 0.4) is 0 Å². The van der Waals surface area contributed by atoms with Crippen LogP contribution < -0.4 is 14.2 Å². The van der Waals surface area contributed by atoms with Crippen LogP contribution in [0.25, 0.3) is 0 Å². The van der Waals surface area contributed by atoms with Gasteiger partial charge in [0.2, 0.25) is 5.75 Å². The van der Waals surface area contributed by atoms with E-state index in [9.17, 15) is 18.0 Å². The first-order chi connectivity index (χ1) is 10.3. The molecule has 0 saturated carbocycles. The maximum Gasteiger partial charge on any atom is 0.419 e. The predicted octanol–water partition coefficient (Wildman–Crippen LogP) is 2.42. The Hall–Kier alpha value is -2.16. The van der Waals surface area contributed by atoms with Gasteiger partial charge in [-0.2, -0.15) is 13.2 Å². The number of aliphatic carboxylic acids is 1. The van der Waals surface area contributed by atoms with E-state index in [4.69, 9.17) is 19.3 Å². The van der Waals surface area contributed by atoms with E-state index in [1.165, 1.54) is 20.3 Å². The standard InChI is InChI=1S/C13H15F3O6/c1-19-8-5-4-7(10(20-2)11(8)21-3)12(13(14,15)16)22-6-9(17)18/h4-5,12H,6H2,1-3H3,(H,17,18)/t12-/m1/s1. The summed E-state index contributed by atoms with van der Waals surface area (Å²) in [6.45, 7) is -1.11. The summed E-state index contributed by atoms with van der Waals surface area (Å²) in [5, 5.41) is 8.52. The van der Waals surface area contributed by atoms with Crippen molar-refractivity contribution in [3.05, 3.63) is 17.7 Å². The number of halogens is 3. The lowest BCUT2D eigenvalue weighted by Crippen LogP contribution is -2.26. The molecule has 1 N–H and O–H groups in total. The second kappa shape index (κ2) is 7.21. The molecule has 1 aromatic rings. The Morgan fingerprint density at radius 1 is 1.14 bits per heavy atom. The molecule has 0 fully saturated rings. The van der Waals surface area contributed by atoms with E-state index in [1.807, 2.05) is 0 Å². The monoisotopic (exact) mass is 324 g/mol. The molecule has 6 nitrogen and oxygen atoms in total. The van der Waals surface area contributed by atoms with E-state index < -0.39 is 30.4 Å². The number of benzene rings is 1. The second-order valence-electron chi connectivity index (χ2n) is 4.05. The number of hydrogen-bond donors (Lipinski definition) is 1. The van der Waals surface area contributed by atoms with Crippen LogP contribution in [-0.4, -0.2) is 45.2 Å². The average Bonchev–Trinajstić information content (AvgIpc) is 2.44. The third kappa shape index (κ3) is 3.94. The Morgan fingerprint density at radius 3 is 2.14 bits per heavy atom. The third-order valence-electron chi connectivity index (χ3n) is 2.69. The minimum atomic E-state index is -4.83. The minimum Gasteiger partial charge on any atom is -0.493 e. The molecule has 0 heterocycles. The number of alkyl halides is 3. The summed E-state index contributed by atoms with van der Waals surface area (Å²) in [7, 11) is 3.72. The highest BCUT2D eigenvalue weighted by Gasteiger charge is 2.44. The molecule has 9 heteroatoms. The van der Waals surface area contributed by atoms with E-state index >= 15 is 0 Å². The normalized spacial score (nSPS) is 12.6. The van der Waals surface area contributed by atoms with E-state index in [0.29, 0.717) is 0 Å². The van der Waals surface area contributed by atoms with Crippen molar-refractivity contribution in [1.29, 1.82) is 0 Å². The Kier molecular flexibility index (Phi) is 5.86. The van der Waals surface area contributed by atoms with Gasteiger partial charge in [-0.15, -0.1) is 0 Å². The second-order valence-corrected chi connectivity index (χ2v) is 4.05. The lowest BCUT2D eigenvalue weighted by Gasteiger charge is -2.24. The molecule has 0 amide bonds. The van der Waals surface area contributed by atoms with Crippen molar-refractivity contribution >= 4 is 5.97 Å². The lowest BCUT2D eigenvalue weighted by molar-refractivity contribution is -0.225. The molecule has 0 unspecified atom stereocenters. The molecule has 0 aliphatic heterocycles. The molecule has 0 spiro atoms. The number of carbonyl (C=O) groups is 1. The van der Waals surface area contributed by atoms with Crippen LogP contribution in [-0.2, 0) is 9.53 Å². The van der Waals surface area contributed by atoms with Gasteiger partial charge in [0, 0.05) is 5.56 Å². The van der Waals surface area contributed by atoms with E-state index in [1.54, 1.807) is 0 Å². The first-order valence-electron chi connectivity index (χ1n) is 5.95. The maximum absolute atomic E-state index is 13.1. The van der Waals surface area contributed by atoms with Crippen LogP contribution in [0.1, 0.15) is 11.7 Å². The summed E-state index contributed by atoms with van der Waals surface area (Å²) in [4.78, 5) is 10.5. The largest absolute Gasteiger partial charge is 0.493 e. The molecule has 0 bridgehead atoms. The van der Waals surface area contributed by atoms with Gasteiger partial charge in [-0.1, -0.05) is 0 Å². The van der Waals surface area contributed by atoms with Gasteiger partial charge in [-0.3, -0.25) is 0 Å². The number of carboxylic acids is 1. The zero-order chi connectivity index (χ0) is 16.9. The Bertz CT molecular complexity index is 529. The van der Waals surface area contributed by atoms with Crippen LogP contribution >= 0.6 is 0 Å². The zero-order valence-corrected chi connectivity index (χ0v) is 12.1. The van der Waals surface area contributed by atoms with Gasteiger partial charge in [-0.25, -0.2) is 4.79 Å². The van der Waals surface area contributed by atoms with Crippen molar-refractivity contribution in [3.8, 4) is 17.2 Å². The molecule has 124 valence electrons. The first-order valence-corrected chi connectivity index (χ1v) is 5.95. The molecule has 1 rings (SSSR count). The molecule has 1 aromatic carbocycles. The SMILES string of the molecule is COc1ccc([C@@H](OCC(=O)O)C(F)(F)F)c(OC)c1OC. The Morgan fingerprint density at radius 2 is 1.73 bits per heavy atom. The highest BCUT2D eigenvalue weighted by Crippen LogP contribution is 2.47. The molecule has 0 aliphatic carbocycles. The Labute approximate surface area is 124 Å². The van der Waals surface area contributed by atoms with E-state index in [0.717, 1.165) is 13.2 Å². The van der Waals surface area contributed by atoms with Crippen molar-refractivity contribution in [1.82, 2.24) is 0 Å². The molecule has 0 aliphatic rings. The quantitative estimate of drug-likeness (QED) is 0.830. The molecular formula is C13H15F3O6. The number of rotatable bonds is 7. The molecule has 1 atom stereocenters. The summed E-state index contributed by atoms with van der Waals surface area (Å²) in [6, 6.07) is 2.33. The average molecular weight is 324 g/mol. The van der Waals surface area contributed by atoms with Crippen molar-refractivity contribution in [3.63, 3.8) is 0 Å². The van der Waals surface area contributed by atoms with Crippen molar-refractivity contribution in [2.75, 3.05) is 27.9 Å². The van der Waals surface area contributed by atoms with Crippen LogP contribution in [0.2, 0.25) is 0 Å².